The van der Waals surface area contributed by atoms with E-state index < -0.39 is 0 Å². The molecule has 1 aromatic carbocycles. The second-order valence-corrected chi connectivity index (χ2v) is 6.48. The van der Waals surface area contributed by atoms with E-state index in [2.05, 4.69) is 39.1 Å². The summed E-state index contributed by atoms with van der Waals surface area (Å²) in [5.41, 5.74) is 2.12. The number of anilines is 1. The molecule has 0 amide bonds. The lowest BCUT2D eigenvalue weighted by Gasteiger charge is -2.27. The minimum Gasteiger partial charge on any atom is -0.491 e. The van der Waals surface area contributed by atoms with E-state index in [4.69, 9.17) is 4.74 Å². The lowest BCUT2D eigenvalue weighted by Crippen LogP contribution is -2.25. The maximum atomic E-state index is 5.90. The molecule has 0 saturated carbocycles. The molecule has 1 aliphatic heterocycles. The highest BCUT2D eigenvalue weighted by Crippen LogP contribution is 2.39. The van der Waals surface area contributed by atoms with E-state index in [-0.39, 0.29) is 6.04 Å². The van der Waals surface area contributed by atoms with Crippen LogP contribution in [0.1, 0.15) is 38.1 Å². The van der Waals surface area contributed by atoms with Crippen molar-refractivity contribution < 1.29 is 4.74 Å². The maximum Gasteiger partial charge on any atom is 0.155 e. The normalized spacial score (nSPS) is 17.4. The molecule has 0 bridgehead atoms. The van der Waals surface area contributed by atoms with Crippen molar-refractivity contribution in [3.63, 3.8) is 0 Å². The van der Waals surface area contributed by atoms with Gasteiger partial charge in [0, 0.05) is 30.9 Å². The van der Waals surface area contributed by atoms with Crippen LogP contribution < -0.4 is 9.64 Å². The Balaban J connectivity index is 1.77. The van der Waals surface area contributed by atoms with E-state index in [0.717, 1.165) is 48.3 Å². The summed E-state index contributed by atoms with van der Waals surface area (Å²) in [6.45, 7) is 3.83. The molecule has 1 atom stereocenters. The summed E-state index contributed by atoms with van der Waals surface area (Å²) in [5, 5.41) is 9.53. The van der Waals surface area contributed by atoms with Crippen LogP contribution in [-0.4, -0.2) is 32.9 Å². The van der Waals surface area contributed by atoms with E-state index in [1.165, 1.54) is 5.69 Å². The van der Waals surface area contributed by atoms with Gasteiger partial charge in [0.15, 0.2) is 5.82 Å². The molecule has 6 heteroatoms. The van der Waals surface area contributed by atoms with Crippen LogP contribution in [0.5, 0.6) is 5.75 Å². The Morgan fingerprint density at radius 3 is 3.00 bits per heavy atom. The minimum atomic E-state index is 0.248. The number of hydrogen-bond acceptors (Lipinski definition) is 5. The fraction of sp³-hybridized carbons (Fsp3) is 0.421. The molecule has 0 aliphatic carbocycles. The number of ether oxygens (including phenoxy) is 1. The first-order chi connectivity index (χ1) is 12.3. The van der Waals surface area contributed by atoms with Crippen LogP contribution in [0.25, 0.3) is 10.9 Å². The topological polar surface area (TPSA) is 56.1 Å². The van der Waals surface area contributed by atoms with Gasteiger partial charge in [-0.25, -0.2) is 0 Å². The zero-order valence-corrected chi connectivity index (χ0v) is 14.7. The molecular weight excluding hydrogens is 314 g/mol. The van der Waals surface area contributed by atoms with E-state index >= 15 is 0 Å². The number of benzene rings is 1. The van der Waals surface area contributed by atoms with E-state index in [1.54, 1.807) is 6.33 Å². The molecule has 1 unspecified atom stereocenters. The Bertz CT molecular complexity index is 875. The smallest absolute Gasteiger partial charge is 0.155 e. The minimum absolute atomic E-state index is 0.248. The van der Waals surface area contributed by atoms with Crippen molar-refractivity contribution in [2.45, 2.75) is 32.2 Å². The van der Waals surface area contributed by atoms with Gasteiger partial charge in [-0.05, 0) is 31.4 Å². The molecule has 25 heavy (non-hydrogen) atoms. The number of nitrogens with zero attached hydrogens (tertiary/aromatic N) is 5. The van der Waals surface area contributed by atoms with Crippen LogP contribution in [0.4, 0.5) is 5.69 Å². The molecule has 1 aliphatic rings. The number of aryl methyl sites for hydroxylation is 1. The van der Waals surface area contributed by atoms with Crippen molar-refractivity contribution in [3.8, 4) is 5.75 Å². The predicted molar refractivity (Wildman–Crippen MR) is 97.9 cm³/mol. The summed E-state index contributed by atoms with van der Waals surface area (Å²) in [7, 11) is 2.01. The van der Waals surface area contributed by atoms with Gasteiger partial charge in [0.25, 0.3) is 0 Å². The zero-order chi connectivity index (χ0) is 17.2. The predicted octanol–water partition coefficient (Wildman–Crippen LogP) is 3.49. The summed E-state index contributed by atoms with van der Waals surface area (Å²) in [6, 6.07) is 8.52. The molecule has 3 heterocycles. The lowest BCUT2D eigenvalue weighted by molar-refractivity contribution is 0.320. The van der Waals surface area contributed by atoms with E-state index in [9.17, 15) is 0 Å². The van der Waals surface area contributed by atoms with Gasteiger partial charge in [0.05, 0.1) is 12.6 Å². The van der Waals surface area contributed by atoms with Crippen LogP contribution in [0.2, 0.25) is 0 Å². The van der Waals surface area contributed by atoms with Crippen LogP contribution in [0.3, 0.4) is 0 Å². The summed E-state index contributed by atoms with van der Waals surface area (Å²) >= 11 is 0. The molecule has 6 nitrogen and oxygen atoms in total. The number of aromatic nitrogens is 4. The molecule has 1 saturated heterocycles. The second kappa shape index (κ2) is 6.70. The summed E-state index contributed by atoms with van der Waals surface area (Å²) in [4.78, 5) is 7.01. The molecule has 4 rings (SSSR count). The van der Waals surface area contributed by atoms with Crippen molar-refractivity contribution in [2.75, 3.05) is 18.1 Å². The summed E-state index contributed by atoms with van der Waals surface area (Å²) < 4.78 is 7.91. The first-order valence-corrected chi connectivity index (χ1v) is 8.90. The van der Waals surface area contributed by atoms with Gasteiger partial charge in [0.1, 0.15) is 17.6 Å². The van der Waals surface area contributed by atoms with Crippen molar-refractivity contribution in [1.82, 2.24) is 19.7 Å². The molecule has 3 aromatic rings. The summed E-state index contributed by atoms with van der Waals surface area (Å²) in [6.07, 6.45) is 6.86. The standard InChI is InChI=1S/C19H23N5O/c1-3-12-25-17-8-4-6-14-15(9-10-20-18(14)17)24-11-5-7-16(24)19-22-21-13-23(19)2/h4,6,8-10,13,16H,3,5,7,11-12H2,1-2H3. The monoisotopic (exact) mass is 337 g/mol. The number of fused-ring (bicyclic) bond motifs is 1. The fourth-order valence-corrected chi connectivity index (χ4v) is 3.63. The Labute approximate surface area is 147 Å². The fourth-order valence-electron chi connectivity index (χ4n) is 3.63. The molecule has 0 spiro atoms. The zero-order valence-electron chi connectivity index (χ0n) is 14.7. The number of para-hydroxylation sites is 1. The maximum absolute atomic E-state index is 5.90. The van der Waals surface area contributed by atoms with Crippen molar-refractivity contribution in [1.29, 1.82) is 0 Å². The van der Waals surface area contributed by atoms with Crippen LogP contribution in [-0.2, 0) is 7.05 Å². The molecule has 1 fully saturated rings. The molecule has 130 valence electrons. The van der Waals surface area contributed by atoms with Gasteiger partial charge in [-0.15, -0.1) is 10.2 Å². The molecule has 2 aromatic heterocycles. The summed E-state index contributed by atoms with van der Waals surface area (Å²) in [5.74, 6) is 1.87. The first-order valence-electron chi connectivity index (χ1n) is 8.90. The van der Waals surface area contributed by atoms with E-state index in [1.807, 2.05) is 29.9 Å². The first kappa shape index (κ1) is 15.9. The number of hydrogen-bond donors (Lipinski definition) is 0. The average molecular weight is 337 g/mol. The number of pyridine rings is 1. The van der Waals surface area contributed by atoms with Gasteiger partial charge < -0.3 is 14.2 Å². The van der Waals surface area contributed by atoms with Gasteiger partial charge >= 0.3 is 0 Å². The van der Waals surface area contributed by atoms with Crippen molar-refractivity contribution >= 4 is 16.6 Å². The van der Waals surface area contributed by atoms with Crippen molar-refractivity contribution in [2.24, 2.45) is 7.05 Å². The third-order valence-electron chi connectivity index (χ3n) is 4.78. The van der Waals surface area contributed by atoms with Gasteiger partial charge in [-0.3, -0.25) is 4.98 Å². The van der Waals surface area contributed by atoms with Gasteiger partial charge in [-0.1, -0.05) is 19.1 Å². The molecule has 0 N–H and O–H groups in total. The highest BCUT2D eigenvalue weighted by atomic mass is 16.5. The van der Waals surface area contributed by atoms with Crippen LogP contribution in [0.15, 0.2) is 36.8 Å². The van der Waals surface area contributed by atoms with Gasteiger partial charge in [0.2, 0.25) is 0 Å². The Morgan fingerprint density at radius 1 is 1.28 bits per heavy atom. The molecular formula is C19H23N5O. The lowest BCUT2D eigenvalue weighted by atomic mass is 10.1. The highest BCUT2D eigenvalue weighted by molar-refractivity contribution is 5.95. The van der Waals surface area contributed by atoms with Crippen LogP contribution >= 0.6 is 0 Å². The Kier molecular flexibility index (Phi) is 4.26. The average Bonchev–Trinajstić information content (AvgIpc) is 3.27. The molecule has 0 radical (unpaired) electrons. The highest BCUT2D eigenvalue weighted by Gasteiger charge is 2.30. The Morgan fingerprint density at radius 2 is 2.20 bits per heavy atom. The van der Waals surface area contributed by atoms with Gasteiger partial charge in [-0.2, -0.15) is 0 Å². The largest absolute Gasteiger partial charge is 0.491 e. The third kappa shape index (κ3) is 2.81. The van der Waals surface area contributed by atoms with Crippen LogP contribution in [0, 0.1) is 0 Å². The van der Waals surface area contributed by atoms with Crippen molar-refractivity contribution in [3.05, 3.63) is 42.6 Å². The Hall–Kier alpha value is -2.63. The quantitative estimate of drug-likeness (QED) is 0.713. The SMILES string of the molecule is CCCOc1cccc2c(N3CCCC3c3nncn3C)ccnc12. The number of rotatable bonds is 5. The second-order valence-electron chi connectivity index (χ2n) is 6.48. The third-order valence-corrected chi connectivity index (χ3v) is 4.78. The van der Waals surface area contributed by atoms with E-state index in [0.29, 0.717) is 6.61 Å².